The zero-order valence-corrected chi connectivity index (χ0v) is 27.5. The highest BCUT2D eigenvalue weighted by Gasteiger charge is 2.45. The van der Waals surface area contributed by atoms with Crippen molar-refractivity contribution in [3.05, 3.63) is 72.0 Å². The van der Waals surface area contributed by atoms with Crippen molar-refractivity contribution in [1.29, 1.82) is 0 Å². The first kappa shape index (κ1) is 32.4. The molecule has 0 spiro atoms. The lowest BCUT2D eigenvalue weighted by atomic mass is 10.0. The summed E-state index contributed by atoms with van der Waals surface area (Å²) in [5.74, 6) is -1.34. The number of thiophene rings is 1. The van der Waals surface area contributed by atoms with Crippen LogP contribution in [0.3, 0.4) is 0 Å². The first-order chi connectivity index (χ1) is 21.3. The molecular formula is C30H32ClN7O5S2. The summed E-state index contributed by atoms with van der Waals surface area (Å²) in [5, 5.41) is 1.21. The van der Waals surface area contributed by atoms with Gasteiger partial charge in [-0.25, -0.2) is 18.4 Å². The Kier molecular flexibility index (Phi) is 9.49. The van der Waals surface area contributed by atoms with E-state index in [1.165, 1.54) is 31.4 Å². The summed E-state index contributed by atoms with van der Waals surface area (Å²) in [6, 6.07) is 8.50. The van der Waals surface area contributed by atoms with Crippen molar-refractivity contribution in [2.75, 3.05) is 41.3 Å². The third-order valence-electron chi connectivity index (χ3n) is 7.58. The number of pyridine rings is 1. The second-order valence-corrected chi connectivity index (χ2v) is 14.8. The van der Waals surface area contributed by atoms with Gasteiger partial charge in [0.15, 0.2) is 0 Å². The van der Waals surface area contributed by atoms with E-state index < -0.39 is 28.0 Å². The third kappa shape index (κ3) is 6.98. The highest BCUT2D eigenvalue weighted by molar-refractivity contribution is 7.91. The standard InChI is InChI=1S/C30H32ClN7O5S2/c1-35(2)26(39)13-23-17-37(45(42,43)28-11-20-5-6-22(31)12-25(20)44-28)18-24(14-27(40)36(3)4)38(23)30(41)29-33-15-21(16-34-29)19-7-9-32-10-8-19/h5-12,15-16,23-24H,13-14,17-18H2,1-4H3/t23-,24+. The van der Waals surface area contributed by atoms with Crippen LogP contribution in [-0.2, 0) is 19.6 Å². The summed E-state index contributed by atoms with van der Waals surface area (Å²) < 4.78 is 30.2. The number of aromatic nitrogens is 3. The van der Waals surface area contributed by atoms with Gasteiger partial charge in [-0.05, 0) is 41.3 Å². The summed E-state index contributed by atoms with van der Waals surface area (Å²) in [6.45, 7) is -0.325. The molecule has 45 heavy (non-hydrogen) atoms. The van der Waals surface area contributed by atoms with Crippen molar-refractivity contribution in [2.45, 2.75) is 29.1 Å². The van der Waals surface area contributed by atoms with E-state index in [0.29, 0.717) is 15.3 Å². The van der Waals surface area contributed by atoms with Gasteiger partial charge in [-0.2, -0.15) is 4.31 Å². The van der Waals surface area contributed by atoms with Gasteiger partial charge >= 0.3 is 0 Å². The third-order valence-corrected chi connectivity index (χ3v) is 11.2. The van der Waals surface area contributed by atoms with Gasteiger partial charge in [0.1, 0.15) is 4.21 Å². The van der Waals surface area contributed by atoms with E-state index in [0.717, 1.165) is 22.3 Å². The highest BCUT2D eigenvalue weighted by Crippen LogP contribution is 2.35. The van der Waals surface area contributed by atoms with Crippen molar-refractivity contribution in [2.24, 2.45) is 0 Å². The maximum absolute atomic E-state index is 14.1. The molecule has 1 aliphatic heterocycles. The molecule has 15 heteroatoms. The maximum atomic E-state index is 14.1. The number of hydrogen-bond acceptors (Lipinski definition) is 9. The second kappa shape index (κ2) is 13.2. The SMILES string of the molecule is CN(C)C(=O)C[C@@H]1CN(S(=O)(=O)c2cc3ccc(Cl)cc3s2)C[C@H](CC(=O)N(C)C)N1C(=O)c1ncc(-c2ccncc2)cn1. The smallest absolute Gasteiger partial charge is 0.292 e. The van der Waals surface area contributed by atoms with E-state index in [1.807, 2.05) is 0 Å². The van der Waals surface area contributed by atoms with Crippen molar-refractivity contribution in [3.8, 4) is 11.1 Å². The molecule has 4 aromatic rings. The molecule has 0 N–H and O–H groups in total. The van der Waals surface area contributed by atoms with Crippen LogP contribution in [0.2, 0.25) is 5.02 Å². The van der Waals surface area contributed by atoms with Gasteiger partial charge in [0.25, 0.3) is 15.9 Å². The Hall–Kier alpha value is -3.98. The fourth-order valence-electron chi connectivity index (χ4n) is 5.12. The summed E-state index contributed by atoms with van der Waals surface area (Å²) in [7, 11) is 2.26. The van der Waals surface area contributed by atoms with Gasteiger partial charge in [-0.3, -0.25) is 19.4 Å². The quantitative estimate of drug-likeness (QED) is 0.279. The molecule has 0 saturated carbocycles. The molecule has 2 atom stereocenters. The van der Waals surface area contributed by atoms with Gasteiger partial charge in [0.2, 0.25) is 17.6 Å². The van der Waals surface area contributed by atoms with E-state index in [9.17, 15) is 22.8 Å². The number of benzene rings is 1. The Balaban J connectivity index is 1.53. The molecule has 5 rings (SSSR count). The Labute approximate surface area is 270 Å². The topological polar surface area (TPSA) is 137 Å². The molecule has 236 valence electrons. The van der Waals surface area contributed by atoms with Crippen LogP contribution in [0.4, 0.5) is 0 Å². The van der Waals surface area contributed by atoms with Crippen LogP contribution in [0, 0.1) is 0 Å². The van der Waals surface area contributed by atoms with Gasteiger partial charge < -0.3 is 14.7 Å². The molecule has 3 aromatic heterocycles. The molecule has 1 fully saturated rings. The van der Waals surface area contributed by atoms with Gasteiger partial charge in [-0.15, -0.1) is 11.3 Å². The van der Waals surface area contributed by atoms with E-state index in [4.69, 9.17) is 11.6 Å². The summed E-state index contributed by atoms with van der Waals surface area (Å²) in [4.78, 5) is 57.0. The maximum Gasteiger partial charge on any atom is 0.292 e. The van der Waals surface area contributed by atoms with Gasteiger partial charge in [0, 0.05) is 94.2 Å². The number of amides is 3. The lowest BCUT2D eigenvalue weighted by Crippen LogP contribution is -2.63. The predicted octanol–water partition coefficient (Wildman–Crippen LogP) is 3.25. The molecule has 3 amide bonds. The van der Waals surface area contributed by atoms with Crippen LogP contribution < -0.4 is 0 Å². The number of carbonyl (C=O) groups is 3. The highest BCUT2D eigenvalue weighted by atomic mass is 35.5. The Bertz CT molecular complexity index is 1800. The van der Waals surface area contributed by atoms with E-state index in [-0.39, 0.29) is 47.8 Å². The molecular weight excluding hydrogens is 638 g/mol. The predicted molar refractivity (Wildman–Crippen MR) is 171 cm³/mol. The van der Waals surface area contributed by atoms with Crippen LogP contribution in [0.25, 0.3) is 21.2 Å². The summed E-state index contributed by atoms with van der Waals surface area (Å²) in [5.41, 5.74) is 1.49. The zero-order valence-electron chi connectivity index (χ0n) is 25.1. The largest absolute Gasteiger partial charge is 0.349 e. The van der Waals surface area contributed by atoms with Crippen molar-refractivity contribution < 1.29 is 22.8 Å². The lowest BCUT2D eigenvalue weighted by molar-refractivity contribution is -0.131. The molecule has 0 aliphatic carbocycles. The first-order valence-corrected chi connectivity index (χ1v) is 16.6. The molecule has 4 heterocycles. The zero-order chi connectivity index (χ0) is 32.5. The molecule has 12 nitrogen and oxygen atoms in total. The van der Waals surface area contributed by atoms with Crippen molar-refractivity contribution in [1.82, 2.24) is 34.0 Å². The first-order valence-electron chi connectivity index (χ1n) is 14.0. The van der Waals surface area contributed by atoms with Crippen LogP contribution in [0.5, 0.6) is 0 Å². The number of piperazine rings is 1. The second-order valence-electron chi connectivity index (χ2n) is 11.1. The van der Waals surface area contributed by atoms with Crippen LogP contribution >= 0.6 is 22.9 Å². The van der Waals surface area contributed by atoms with E-state index in [2.05, 4.69) is 15.0 Å². The lowest BCUT2D eigenvalue weighted by Gasteiger charge is -2.45. The van der Waals surface area contributed by atoms with Crippen LogP contribution in [0.15, 0.2) is 65.4 Å². The molecule has 1 saturated heterocycles. The van der Waals surface area contributed by atoms with Gasteiger partial charge in [-0.1, -0.05) is 17.7 Å². The minimum absolute atomic E-state index is 0.102. The van der Waals surface area contributed by atoms with Crippen molar-refractivity contribution >= 4 is 60.8 Å². The van der Waals surface area contributed by atoms with Crippen LogP contribution in [-0.4, -0.2) is 113 Å². The number of halogens is 1. The number of fused-ring (bicyclic) bond motifs is 1. The number of nitrogens with zero attached hydrogens (tertiary/aromatic N) is 7. The molecule has 1 aliphatic rings. The molecule has 1 aromatic carbocycles. The number of carbonyl (C=O) groups excluding carboxylic acids is 3. The number of sulfonamides is 1. The fourth-order valence-corrected chi connectivity index (χ4v) is 8.47. The Morgan fingerprint density at radius 2 is 1.47 bits per heavy atom. The summed E-state index contributed by atoms with van der Waals surface area (Å²) in [6.07, 6.45) is 5.96. The molecule has 0 bridgehead atoms. The fraction of sp³-hybridized carbons (Fsp3) is 0.333. The normalized spacial score (nSPS) is 17.3. The van der Waals surface area contributed by atoms with E-state index in [1.54, 1.807) is 77.0 Å². The molecule has 0 unspecified atom stereocenters. The van der Waals surface area contributed by atoms with Crippen molar-refractivity contribution in [3.63, 3.8) is 0 Å². The Morgan fingerprint density at radius 1 is 0.889 bits per heavy atom. The average Bonchev–Trinajstić information content (AvgIpc) is 3.45. The van der Waals surface area contributed by atoms with E-state index >= 15 is 0 Å². The minimum atomic E-state index is -4.08. The average molecular weight is 670 g/mol. The summed E-state index contributed by atoms with van der Waals surface area (Å²) >= 11 is 7.22. The number of hydrogen-bond donors (Lipinski definition) is 0. The molecule has 0 radical (unpaired) electrons. The monoisotopic (exact) mass is 669 g/mol. The van der Waals surface area contributed by atoms with Gasteiger partial charge in [0.05, 0.1) is 12.1 Å². The Morgan fingerprint density at radius 3 is 2.02 bits per heavy atom. The number of rotatable bonds is 8. The minimum Gasteiger partial charge on any atom is -0.349 e. The van der Waals surface area contributed by atoms with Crippen LogP contribution in [0.1, 0.15) is 23.5 Å².